The number of likely N-dealkylation sites (N-methyl/N-ethyl adjacent to an activating group) is 1. The van der Waals surface area contributed by atoms with Crippen LogP contribution in [0.5, 0.6) is 5.75 Å². The number of hydrogen-bond acceptors (Lipinski definition) is 8. The molecule has 4 rings (SSSR count). The smallest absolute Gasteiger partial charge is 0.318 e. The maximum atomic E-state index is 6.01. The third kappa shape index (κ3) is 3.79. The van der Waals surface area contributed by atoms with Crippen LogP contribution in [0.3, 0.4) is 0 Å². The van der Waals surface area contributed by atoms with Crippen molar-refractivity contribution in [3.8, 4) is 17.2 Å². The Kier molecular flexibility index (Phi) is 5.41. The molecule has 0 spiro atoms. The maximum absolute atomic E-state index is 6.01. The summed E-state index contributed by atoms with van der Waals surface area (Å²) in [5, 5.41) is 8.57. The lowest BCUT2D eigenvalue weighted by atomic mass is 10.0. The summed E-state index contributed by atoms with van der Waals surface area (Å²) in [4.78, 5) is 7.24. The zero-order valence-electron chi connectivity index (χ0n) is 17.0. The van der Waals surface area contributed by atoms with Gasteiger partial charge in [0.15, 0.2) is 0 Å². The van der Waals surface area contributed by atoms with Gasteiger partial charge in [-0.15, -0.1) is 5.10 Å². The Bertz CT molecular complexity index is 807. The molecule has 0 aliphatic carbocycles. The second-order valence-corrected chi connectivity index (χ2v) is 7.86. The van der Waals surface area contributed by atoms with E-state index in [0.717, 1.165) is 50.1 Å². The second-order valence-electron chi connectivity index (χ2n) is 7.86. The molecule has 152 valence electrons. The number of aromatic nitrogens is 2. The van der Waals surface area contributed by atoms with Gasteiger partial charge in [0, 0.05) is 50.9 Å². The van der Waals surface area contributed by atoms with Crippen molar-refractivity contribution >= 4 is 11.7 Å². The van der Waals surface area contributed by atoms with E-state index >= 15 is 0 Å². The van der Waals surface area contributed by atoms with Crippen molar-refractivity contribution in [1.29, 1.82) is 0 Å². The van der Waals surface area contributed by atoms with E-state index in [1.165, 1.54) is 13.1 Å². The van der Waals surface area contributed by atoms with Gasteiger partial charge in [-0.05, 0) is 44.5 Å². The van der Waals surface area contributed by atoms with Gasteiger partial charge in [-0.2, -0.15) is 0 Å². The number of aryl methyl sites for hydroxylation is 1. The van der Waals surface area contributed by atoms with Crippen molar-refractivity contribution in [3.63, 3.8) is 0 Å². The van der Waals surface area contributed by atoms with E-state index in [1.807, 2.05) is 19.1 Å². The average molecular weight is 387 g/mol. The Labute approximate surface area is 166 Å². The number of piperazine rings is 1. The Balaban J connectivity index is 1.42. The minimum atomic E-state index is 0.506. The van der Waals surface area contributed by atoms with Crippen LogP contribution in [-0.4, -0.2) is 79.5 Å². The molecule has 0 unspecified atom stereocenters. The van der Waals surface area contributed by atoms with Crippen molar-refractivity contribution in [2.24, 2.45) is 0 Å². The molecule has 2 N–H and O–H groups in total. The van der Waals surface area contributed by atoms with Gasteiger partial charge in [-0.25, -0.2) is 0 Å². The first-order chi connectivity index (χ1) is 13.5. The molecule has 8 nitrogen and oxygen atoms in total. The van der Waals surface area contributed by atoms with Crippen LogP contribution < -0.4 is 15.4 Å². The van der Waals surface area contributed by atoms with Crippen LogP contribution in [0.25, 0.3) is 11.5 Å². The van der Waals surface area contributed by atoms with Gasteiger partial charge in [0.05, 0.1) is 12.8 Å². The van der Waals surface area contributed by atoms with Gasteiger partial charge in [0.2, 0.25) is 5.89 Å². The van der Waals surface area contributed by atoms with Gasteiger partial charge in [0.1, 0.15) is 5.75 Å². The van der Waals surface area contributed by atoms with Crippen LogP contribution in [0, 0.1) is 6.92 Å². The predicted octanol–water partition coefficient (Wildman–Crippen LogP) is 1.85. The molecule has 0 saturated carbocycles. The number of anilines is 2. The summed E-state index contributed by atoms with van der Waals surface area (Å²) in [6.45, 7) is 8.55. The van der Waals surface area contributed by atoms with E-state index < -0.39 is 0 Å². The number of nitrogens with zero attached hydrogens (tertiary/aromatic N) is 5. The summed E-state index contributed by atoms with van der Waals surface area (Å²) in [6, 6.07) is 5.00. The number of ether oxygens (including phenoxy) is 1. The third-order valence-corrected chi connectivity index (χ3v) is 6.01. The zero-order chi connectivity index (χ0) is 19.7. The van der Waals surface area contributed by atoms with Crippen molar-refractivity contribution in [1.82, 2.24) is 20.0 Å². The summed E-state index contributed by atoms with van der Waals surface area (Å²) in [7, 11) is 3.81. The second kappa shape index (κ2) is 7.97. The van der Waals surface area contributed by atoms with E-state index in [9.17, 15) is 0 Å². The molecule has 0 bridgehead atoms. The molecule has 1 aromatic carbocycles. The van der Waals surface area contributed by atoms with Crippen molar-refractivity contribution in [2.75, 3.05) is 64.1 Å². The van der Waals surface area contributed by atoms with E-state index in [4.69, 9.17) is 14.9 Å². The molecular weight excluding hydrogens is 356 g/mol. The van der Waals surface area contributed by atoms with Crippen LogP contribution in [0.2, 0.25) is 0 Å². The lowest BCUT2D eigenvalue weighted by Gasteiger charge is -2.41. The van der Waals surface area contributed by atoms with E-state index in [-0.39, 0.29) is 0 Å². The normalized spacial score (nSPS) is 19.9. The van der Waals surface area contributed by atoms with Gasteiger partial charge < -0.3 is 24.7 Å². The minimum absolute atomic E-state index is 0.506. The third-order valence-electron chi connectivity index (χ3n) is 6.01. The summed E-state index contributed by atoms with van der Waals surface area (Å²) in [5.74, 6) is 1.13. The van der Waals surface area contributed by atoms with E-state index in [2.05, 4.69) is 31.9 Å². The molecule has 3 heterocycles. The molecule has 2 fully saturated rings. The van der Waals surface area contributed by atoms with Crippen molar-refractivity contribution < 1.29 is 9.15 Å². The predicted molar refractivity (Wildman–Crippen MR) is 110 cm³/mol. The summed E-state index contributed by atoms with van der Waals surface area (Å²) in [5.41, 5.74) is 8.43. The monoisotopic (exact) mass is 386 g/mol. The molecule has 0 atom stereocenters. The SMILES string of the molecule is COc1cc(-c2nnc(N3CCC(N4CCN(C)CC4)CC3)o2)c(C)cc1N. The van der Waals surface area contributed by atoms with Gasteiger partial charge in [-0.3, -0.25) is 4.90 Å². The quantitative estimate of drug-likeness (QED) is 0.797. The number of hydrogen-bond donors (Lipinski definition) is 1. The molecular formula is C20H30N6O2. The highest BCUT2D eigenvalue weighted by atomic mass is 16.5. The summed E-state index contributed by atoms with van der Waals surface area (Å²) < 4.78 is 11.3. The van der Waals surface area contributed by atoms with Crippen LogP contribution in [0.1, 0.15) is 18.4 Å². The van der Waals surface area contributed by atoms with Crippen LogP contribution >= 0.6 is 0 Å². The first-order valence-electron chi connectivity index (χ1n) is 10.0. The molecule has 2 aliphatic rings. The molecule has 1 aromatic heterocycles. The Morgan fingerprint density at radius 1 is 1.07 bits per heavy atom. The molecule has 2 aliphatic heterocycles. The molecule has 28 heavy (non-hydrogen) atoms. The van der Waals surface area contributed by atoms with E-state index in [1.54, 1.807) is 7.11 Å². The number of rotatable bonds is 4. The Morgan fingerprint density at radius 2 is 1.79 bits per heavy atom. The summed E-state index contributed by atoms with van der Waals surface area (Å²) in [6.07, 6.45) is 2.27. The molecule has 2 saturated heterocycles. The van der Waals surface area contributed by atoms with Crippen LogP contribution in [0.15, 0.2) is 16.5 Å². The largest absolute Gasteiger partial charge is 0.495 e. The molecule has 8 heteroatoms. The van der Waals surface area contributed by atoms with Gasteiger partial charge in [0.25, 0.3) is 0 Å². The highest BCUT2D eigenvalue weighted by molar-refractivity contribution is 5.68. The Hall–Kier alpha value is -2.32. The standard InChI is InChI=1S/C20H30N6O2/c1-14-12-17(21)18(27-3)13-16(14)19-22-23-20(28-19)26-6-4-15(5-7-26)25-10-8-24(2)9-11-25/h12-13,15H,4-11,21H2,1-3H3. The number of piperidine rings is 1. The Morgan fingerprint density at radius 3 is 2.46 bits per heavy atom. The fourth-order valence-corrected chi connectivity index (χ4v) is 4.18. The number of nitrogens with two attached hydrogens (primary N) is 1. The van der Waals surface area contributed by atoms with Crippen LogP contribution in [0.4, 0.5) is 11.7 Å². The fourth-order valence-electron chi connectivity index (χ4n) is 4.18. The van der Waals surface area contributed by atoms with Crippen LogP contribution in [-0.2, 0) is 0 Å². The zero-order valence-corrected chi connectivity index (χ0v) is 17.0. The molecule has 0 radical (unpaired) electrons. The van der Waals surface area contributed by atoms with Crippen molar-refractivity contribution in [2.45, 2.75) is 25.8 Å². The lowest BCUT2D eigenvalue weighted by molar-refractivity contribution is 0.0976. The number of methoxy groups -OCH3 is 1. The minimum Gasteiger partial charge on any atom is -0.495 e. The van der Waals surface area contributed by atoms with Gasteiger partial charge in [-0.1, -0.05) is 5.10 Å². The lowest BCUT2D eigenvalue weighted by Crippen LogP contribution is -2.52. The highest BCUT2D eigenvalue weighted by Gasteiger charge is 2.28. The first-order valence-corrected chi connectivity index (χ1v) is 10.0. The van der Waals surface area contributed by atoms with E-state index in [0.29, 0.717) is 29.4 Å². The summed E-state index contributed by atoms with van der Waals surface area (Å²) >= 11 is 0. The van der Waals surface area contributed by atoms with Gasteiger partial charge >= 0.3 is 6.01 Å². The molecule has 0 amide bonds. The van der Waals surface area contributed by atoms with Crippen molar-refractivity contribution in [3.05, 3.63) is 17.7 Å². The number of nitrogen functional groups attached to an aromatic ring is 1. The fraction of sp³-hybridized carbons (Fsp3) is 0.600. The first kappa shape index (κ1) is 19.0. The average Bonchev–Trinajstić information content (AvgIpc) is 3.19. The maximum Gasteiger partial charge on any atom is 0.318 e. The topological polar surface area (TPSA) is 83.9 Å². The highest BCUT2D eigenvalue weighted by Crippen LogP contribution is 2.33. The molecule has 2 aromatic rings. The number of benzene rings is 1.